The molecule has 1 fully saturated rings. The van der Waals surface area contributed by atoms with Gasteiger partial charge in [0.15, 0.2) is 5.69 Å². The van der Waals surface area contributed by atoms with Crippen molar-refractivity contribution in [1.29, 1.82) is 5.41 Å². The summed E-state index contributed by atoms with van der Waals surface area (Å²) < 4.78 is 5.52. The van der Waals surface area contributed by atoms with E-state index in [0.717, 1.165) is 42.9 Å². The summed E-state index contributed by atoms with van der Waals surface area (Å²) in [5, 5.41) is 14.2. The maximum Gasteiger partial charge on any atom is 0.277 e. The molecule has 2 aromatic heterocycles. The lowest BCUT2D eigenvalue weighted by Crippen LogP contribution is -2.32. The largest absolute Gasteiger partial charge is 0.444 e. The molecule has 1 saturated heterocycles. The molecule has 2 aromatic rings. The van der Waals surface area contributed by atoms with E-state index in [2.05, 4.69) is 25.5 Å². The van der Waals surface area contributed by atoms with Crippen LogP contribution in [0.5, 0.6) is 0 Å². The predicted octanol–water partition coefficient (Wildman–Crippen LogP) is 2.78. The smallest absolute Gasteiger partial charge is 0.277 e. The maximum atomic E-state index is 12.9. The number of carbonyl (C=O) groups excluding carboxylic acids is 1. The Morgan fingerprint density at radius 3 is 2.83 bits per heavy atom. The van der Waals surface area contributed by atoms with Crippen LogP contribution in [0.2, 0.25) is 0 Å². The summed E-state index contributed by atoms with van der Waals surface area (Å²) in [6.45, 7) is 3.70. The van der Waals surface area contributed by atoms with E-state index in [1.165, 1.54) is 6.26 Å². The van der Waals surface area contributed by atoms with E-state index in [1.54, 1.807) is 31.6 Å². The van der Waals surface area contributed by atoms with Gasteiger partial charge in [0.1, 0.15) is 6.26 Å². The molecule has 3 heterocycles. The normalized spacial score (nSPS) is 17.7. The van der Waals surface area contributed by atoms with Crippen LogP contribution >= 0.6 is 0 Å². The molecule has 0 atom stereocenters. The first-order valence-electron chi connectivity index (χ1n) is 9.90. The van der Waals surface area contributed by atoms with Gasteiger partial charge in [-0.3, -0.25) is 9.78 Å². The average molecular weight is 404 g/mol. The zero-order valence-electron chi connectivity index (χ0n) is 17.0. The number of hydrogen-bond acceptors (Lipinski definition) is 7. The van der Waals surface area contributed by atoms with Crippen LogP contribution in [0.3, 0.4) is 0 Å². The lowest BCUT2D eigenvalue weighted by atomic mass is 10.0. The van der Waals surface area contributed by atoms with Crippen LogP contribution in [0.1, 0.15) is 29.0 Å². The molecule has 0 saturated carbocycles. The third-order valence-corrected chi connectivity index (χ3v) is 5.04. The van der Waals surface area contributed by atoms with E-state index in [-0.39, 0.29) is 11.6 Å². The van der Waals surface area contributed by atoms with Gasteiger partial charge in [-0.25, -0.2) is 4.98 Å². The van der Waals surface area contributed by atoms with Crippen LogP contribution in [0.4, 0.5) is 0 Å². The monoisotopic (exact) mass is 404 g/mol. The molecule has 8 heteroatoms. The molecule has 154 valence electrons. The highest BCUT2D eigenvalue weighted by molar-refractivity contribution is 6.10. The quantitative estimate of drug-likeness (QED) is 0.707. The molecule has 1 aliphatic carbocycles. The summed E-state index contributed by atoms with van der Waals surface area (Å²) in [6.07, 6.45) is 10.6. The molecule has 1 amide bonds. The summed E-state index contributed by atoms with van der Waals surface area (Å²) in [5.74, 6) is 0.0143. The Morgan fingerprint density at radius 1 is 1.30 bits per heavy atom. The van der Waals surface area contributed by atoms with Gasteiger partial charge < -0.3 is 25.4 Å². The van der Waals surface area contributed by atoms with Crippen LogP contribution in [0, 0.1) is 12.3 Å². The first-order chi connectivity index (χ1) is 14.5. The molecular formula is C22H24N6O2. The molecule has 0 radical (unpaired) electrons. The Balaban J connectivity index is 1.58. The Labute approximate surface area is 174 Å². The van der Waals surface area contributed by atoms with Crippen LogP contribution in [-0.4, -0.2) is 46.6 Å². The molecule has 8 nitrogen and oxygen atoms in total. The summed E-state index contributed by atoms with van der Waals surface area (Å²) in [5.41, 5.74) is 4.42. The van der Waals surface area contributed by atoms with Crippen LogP contribution < -0.4 is 10.6 Å². The van der Waals surface area contributed by atoms with Gasteiger partial charge in [0.2, 0.25) is 5.89 Å². The van der Waals surface area contributed by atoms with Gasteiger partial charge in [0.05, 0.1) is 17.1 Å². The number of aryl methyl sites for hydroxylation is 1. The van der Waals surface area contributed by atoms with Crippen molar-refractivity contribution in [3.63, 3.8) is 0 Å². The predicted molar refractivity (Wildman–Crippen MR) is 114 cm³/mol. The molecule has 30 heavy (non-hydrogen) atoms. The van der Waals surface area contributed by atoms with Crippen molar-refractivity contribution in [2.45, 2.75) is 19.8 Å². The fourth-order valence-corrected chi connectivity index (χ4v) is 3.58. The fourth-order valence-electron chi connectivity index (χ4n) is 3.58. The van der Waals surface area contributed by atoms with E-state index in [4.69, 9.17) is 9.83 Å². The molecule has 0 spiro atoms. The van der Waals surface area contributed by atoms with Gasteiger partial charge in [-0.05, 0) is 44.1 Å². The number of aromatic nitrogens is 2. The number of likely N-dealkylation sites (tertiary alicyclic amines) is 1. The van der Waals surface area contributed by atoms with Crippen molar-refractivity contribution in [3.8, 4) is 11.5 Å². The van der Waals surface area contributed by atoms with Gasteiger partial charge in [-0.2, -0.15) is 0 Å². The standard InChI is InChI=1S/C22H24N6O2/c1-14-9-15(5-6-25-14)22-27-19(13-30-22)21(29)26-18-10-16(12-24-2)17(23)11-20(18)28-7-3-4-8-28/h5-6,9-13,23-24H,3-4,7-8H2,1-2H3,(H,26,29)/b16-12-,23-17?. The lowest BCUT2D eigenvalue weighted by Gasteiger charge is -2.27. The number of pyridine rings is 1. The Hall–Kier alpha value is -3.68. The van der Waals surface area contributed by atoms with Crippen molar-refractivity contribution in [2.75, 3.05) is 20.1 Å². The minimum Gasteiger partial charge on any atom is -0.444 e. The number of oxazole rings is 1. The summed E-state index contributed by atoms with van der Waals surface area (Å²) in [4.78, 5) is 23.6. The van der Waals surface area contributed by atoms with Crippen molar-refractivity contribution in [3.05, 3.63) is 71.3 Å². The fraction of sp³-hybridized carbons (Fsp3) is 0.273. The molecule has 0 aromatic carbocycles. The van der Waals surface area contributed by atoms with E-state index in [1.807, 2.05) is 19.1 Å². The summed E-state index contributed by atoms with van der Waals surface area (Å²) >= 11 is 0. The summed E-state index contributed by atoms with van der Waals surface area (Å²) in [7, 11) is 1.78. The van der Waals surface area contributed by atoms with Gasteiger partial charge in [-0.15, -0.1) is 0 Å². The molecule has 2 aliphatic rings. The van der Waals surface area contributed by atoms with E-state index < -0.39 is 0 Å². The van der Waals surface area contributed by atoms with Crippen molar-refractivity contribution < 1.29 is 9.21 Å². The number of amides is 1. The van der Waals surface area contributed by atoms with Gasteiger partial charge >= 0.3 is 0 Å². The van der Waals surface area contributed by atoms with E-state index >= 15 is 0 Å². The zero-order chi connectivity index (χ0) is 21.1. The Morgan fingerprint density at radius 2 is 2.10 bits per heavy atom. The number of rotatable bonds is 5. The molecule has 0 bridgehead atoms. The second-order valence-corrected chi connectivity index (χ2v) is 7.26. The Kier molecular flexibility index (Phi) is 5.47. The molecule has 0 unspecified atom stereocenters. The first kappa shape index (κ1) is 19.6. The zero-order valence-corrected chi connectivity index (χ0v) is 17.0. The van der Waals surface area contributed by atoms with E-state index in [0.29, 0.717) is 22.9 Å². The highest BCUT2D eigenvalue weighted by atomic mass is 16.3. The first-order valence-corrected chi connectivity index (χ1v) is 9.90. The van der Waals surface area contributed by atoms with Crippen molar-refractivity contribution >= 4 is 11.6 Å². The van der Waals surface area contributed by atoms with Crippen LogP contribution in [0.15, 0.2) is 64.3 Å². The summed E-state index contributed by atoms with van der Waals surface area (Å²) in [6, 6.07) is 3.64. The van der Waals surface area contributed by atoms with Crippen molar-refractivity contribution in [1.82, 2.24) is 25.5 Å². The number of hydrogen-bond donors (Lipinski definition) is 3. The van der Waals surface area contributed by atoms with Gasteiger partial charge in [0, 0.05) is 49.4 Å². The highest BCUT2D eigenvalue weighted by Gasteiger charge is 2.25. The highest BCUT2D eigenvalue weighted by Crippen LogP contribution is 2.26. The number of nitrogens with one attached hydrogen (secondary N) is 3. The molecule has 4 rings (SSSR count). The van der Waals surface area contributed by atoms with Gasteiger partial charge in [-0.1, -0.05) is 0 Å². The van der Waals surface area contributed by atoms with Crippen molar-refractivity contribution in [2.24, 2.45) is 0 Å². The topological polar surface area (TPSA) is 107 Å². The third kappa shape index (κ3) is 4.03. The minimum absolute atomic E-state index is 0.195. The van der Waals surface area contributed by atoms with Crippen LogP contribution in [0.25, 0.3) is 11.5 Å². The third-order valence-electron chi connectivity index (χ3n) is 5.04. The lowest BCUT2D eigenvalue weighted by molar-refractivity contribution is 0.0960. The molecule has 3 N–H and O–H groups in total. The average Bonchev–Trinajstić information content (AvgIpc) is 3.43. The minimum atomic E-state index is -0.357. The van der Waals surface area contributed by atoms with Gasteiger partial charge in [0.25, 0.3) is 5.91 Å². The second-order valence-electron chi connectivity index (χ2n) is 7.26. The maximum absolute atomic E-state index is 12.9. The molecular weight excluding hydrogens is 380 g/mol. The SMILES string of the molecule is CN/C=C1/C=C(NC(=O)c2coc(-c3ccnc(C)c3)n2)C(N2CCCC2)=CC1=N. The Bertz CT molecular complexity index is 1070. The number of nitrogens with zero attached hydrogens (tertiary/aromatic N) is 3. The number of carbonyl (C=O) groups is 1. The van der Waals surface area contributed by atoms with Crippen LogP contribution in [-0.2, 0) is 0 Å². The number of allylic oxidation sites excluding steroid dienone is 3. The molecule has 1 aliphatic heterocycles. The second kappa shape index (κ2) is 8.36. The van der Waals surface area contributed by atoms with E-state index in [9.17, 15) is 4.79 Å².